The van der Waals surface area contributed by atoms with Gasteiger partial charge in [0.25, 0.3) is 0 Å². The fraction of sp³-hybridized carbons (Fsp3) is 0.741. The maximum Gasteiger partial charge on any atom is 0.323 e. The van der Waals surface area contributed by atoms with Crippen LogP contribution in [0, 0.1) is 11.8 Å². The summed E-state index contributed by atoms with van der Waals surface area (Å²) < 4.78 is 16.0. The minimum absolute atomic E-state index is 0.0544. The van der Waals surface area contributed by atoms with Crippen LogP contribution in [0.25, 0.3) is 0 Å². The van der Waals surface area contributed by atoms with Gasteiger partial charge in [-0.25, -0.2) is 0 Å². The largest absolute Gasteiger partial charge is 0.465 e. The second-order valence-corrected chi connectivity index (χ2v) is 9.96. The molecule has 0 heterocycles. The highest BCUT2D eigenvalue weighted by Crippen LogP contribution is 2.22. The van der Waals surface area contributed by atoms with Crippen LogP contribution in [0.4, 0.5) is 0 Å². The van der Waals surface area contributed by atoms with E-state index in [2.05, 4.69) is 19.2 Å². The normalized spacial score (nSPS) is 16.0. The van der Waals surface area contributed by atoms with Crippen molar-refractivity contribution in [1.29, 1.82) is 0 Å². The minimum atomic E-state index is -0.609. The number of esters is 3. The number of carbonyl (C=O) groups is 3. The molecule has 5 atom stereocenters. The molecule has 0 aliphatic heterocycles. The lowest BCUT2D eigenvalue weighted by atomic mass is 10.0. The van der Waals surface area contributed by atoms with Crippen molar-refractivity contribution in [3.8, 4) is 0 Å². The number of thioether (sulfide) groups is 1. The Labute approximate surface area is 216 Å². The Hall–Kier alpha value is -1.80. The van der Waals surface area contributed by atoms with Crippen molar-refractivity contribution in [3.63, 3.8) is 0 Å². The molecular weight excluding hydrogens is 466 g/mol. The van der Waals surface area contributed by atoms with E-state index in [1.165, 1.54) is 11.8 Å². The Kier molecular flexibility index (Phi) is 19.3. The topological polar surface area (TPSA) is 90.9 Å². The van der Waals surface area contributed by atoms with Crippen molar-refractivity contribution in [3.05, 3.63) is 24.3 Å². The zero-order chi connectivity index (χ0) is 26.6. The molecule has 0 amide bonds. The van der Waals surface area contributed by atoms with E-state index in [1.807, 2.05) is 45.1 Å². The van der Waals surface area contributed by atoms with Gasteiger partial charge < -0.3 is 19.5 Å². The summed E-state index contributed by atoms with van der Waals surface area (Å²) in [5.74, 6) is -1.25. The molecule has 0 aromatic carbocycles. The Balaban J connectivity index is 4.80. The van der Waals surface area contributed by atoms with Crippen molar-refractivity contribution >= 4 is 29.7 Å². The predicted molar refractivity (Wildman–Crippen MR) is 143 cm³/mol. The number of rotatable bonds is 19. The van der Waals surface area contributed by atoms with Crippen LogP contribution in [0.5, 0.6) is 0 Å². The standard InChI is InChI=1S/C27H47NO6S/c1-8-11-13-15-17-33-25(29)20(4)22(6)28-24(27(31)32-10-3)19-35-23(7)21(5)26(30)34-18-16-14-12-9-2/h11-14,20-24,28H,8-10,15-19H2,1-7H3. The van der Waals surface area contributed by atoms with Gasteiger partial charge in [-0.05, 0) is 39.5 Å². The highest BCUT2D eigenvalue weighted by molar-refractivity contribution is 8.00. The molecule has 0 bridgehead atoms. The quantitative estimate of drug-likeness (QED) is 0.111. The molecule has 35 heavy (non-hydrogen) atoms. The molecule has 8 heteroatoms. The lowest BCUT2D eigenvalue weighted by molar-refractivity contribution is -0.150. The molecule has 0 aromatic rings. The summed E-state index contributed by atoms with van der Waals surface area (Å²) in [5, 5.41) is 3.18. The van der Waals surface area contributed by atoms with Crippen LogP contribution in [-0.4, -0.2) is 60.8 Å². The molecule has 0 spiro atoms. The van der Waals surface area contributed by atoms with Gasteiger partial charge in [0.15, 0.2) is 0 Å². The fourth-order valence-electron chi connectivity index (χ4n) is 2.96. The van der Waals surface area contributed by atoms with Crippen LogP contribution in [0.3, 0.4) is 0 Å². The Bertz CT molecular complexity index is 666. The van der Waals surface area contributed by atoms with Gasteiger partial charge in [0.1, 0.15) is 6.04 Å². The second kappa shape index (κ2) is 20.4. The predicted octanol–water partition coefficient (Wildman–Crippen LogP) is 5.09. The van der Waals surface area contributed by atoms with Gasteiger partial charge in [0.2, 0.25) is 0 Å². The number of ether oxygens (including phenoxy) is 3. The third-order valence-corrected chi connectivity index (χ3v) is 7.08. The van der Waals surface area contributed by atoms with Crippen molar-refractivity contribution in [2.75, 3.05) is 25.6 Å². The number of hydrogen-bond acceptors (Lipinski definition) is 8. The zero-order valence-corrected chi connectivity index (χ0v) is 23.5. The van der Waals surface area contributed by atoms with E-state index >= 15 is 0 Å². The van der Waals surface area contributed by atoms with Gasteiger partial charge >= 0.3 is 17.9 Å². The third kappa shape index (κ3) is 15.0. The van der Waals surface area contributed by atoms with E-state index in [9.17, 15) is 14.4 Å². The molecule has 0 aliphatic carbocycles. The summed E-state index contributed by atoms with van der Waals surface area (Å²) in [7, 11) is 0. The first-order valence-corrected chi connectivity index (χ1v) is 13.9. The summed E-state index contributed by atoms with van der Waals surface area (Å²) in [5.41, 5.74) is 0. The summed E-state index contributed by atoms with van der Waals surface area (Å²) in [6, 6.07) is -0.903. The van der Waals surface area contributed by atoms with Crippen molar-refractivity contribution in [1.82, 2.24) is 5.32 Å². The molecule has 1 N–H and O–H groups in total. The molecule has 202 valence electrons. The Morgan fingerprint density at radius 3 is 1.74 bits per heavy atom. The Morgan fingerprint density at radius 1 is 0.743 bits per heavy atom. The van der Waals surface area contributed by atoms with Crippen molar-refractivity contribution < 1.29 is 28.6 Å². The van der Waals surface area contributed by atoms with Crippen LogP contribution in [0.15, 0.2) is 24.3 Å². The smallest absolute Gasteiger partial charge is 0.323 e. The lowest BCUT2D eigenvalue weighted by Crippen LogP contribution is -2.49. The van der Waals surface area contributed by atoms with Gasteiger partial charge in [-0.2, -0.15) is 11.8 Å². The molecule has 0 fully saturated rings. The fourth-order valence-corrected chi connectivity index (χ4v) is 4.09. The zero-order valence-electron chi connectivity index (χ0n) is 22.7. The maximum atomic E-state index is 12.6. The number of carbonyl (C=O) groups excluding carboxylic acids is 3. The first-order valence-electron chi connectivity index (χ1n) is 12.9. The molecule has 0 saturated heterocycles. The molecular formula is C27H47NO6S. The SMILES string of the molecule is CCC=CCCOC(=O)C(C)C(C)NC(CSC(C)C(C)C(=O)OCCC=CCC)C(=O)OCC. The van der Waals surface area contributed by atoms with E-state index in [1.54, 1.807) is 13.8 Å². The van der Waals surface area contributed by atoms with Gasteiger partial charge in [0, 0.05) is 17.0 Å². The van der Waals surface area contributed by atoms with Gasteiger partial charge in [-0.3, -0.25) is 14.4 Å². The summed E-state index contributed by atoms with van der Waals surface area (Å²) in [4.78, 5) is 37.3. The highest BCUT2D eigenvalue weighted by Gasteiger charge is 2.30. The Morgan fingerprint density at radius 2 is 1.26 bits per heavy atom. The van der Waals surface area contributed by atoms with Crippen molar-refractivity contribution in [2.24, 2.45) is 11.8 Å². The molecule has 5 unspecified atom stereocenters. The second-order valence-electron chi connectivity index (χ2n) is 8.55. The van der Waals surface area contributed by atoms with E-state index in [4.69, 9.17) is 14.2 Å². The minimum Gasteiger partial charge on any atom is -0.465 e. The molecule has 0 rings (SSSR count). The first kappa shape index (κ1) is 33.2. The van der Waals surface area contributed by atoms with Crippen molar-refractivity contribution in [2.45, 2.75) is 91.5 Å². The van der Waals surface area contributed by atoms with Crippen LogP contribution >= 0.6 is 11.8 Å². The van der Waals surface area contributed by atoms with E-state index in [0.717, 1.165) is 12.8 Å². The molecule has 0 aromatic heterocycles. The van der Waals surface area contributed by atoms with Gasteiger partial charge in [-0.15, -0.1) is 0 Å². The highest BCUT2D eigenvalue weighted by atomic mass is 32.2. The summed E-state index contributed by atoms with van der Waals surface area (Å²) in [6.07, 6.45) is 11.4. The monoisotopic (exact) mass is 513 g/mol. The average molecular weight is 514 g/mol. The number of hydrogen-bond donors (Lipinski definition) is 1. The van der Waals surface area contributed by atoms with Crippen LogP contribution in [-0.2, 0) is 28.6 Å². The van der Waals surface area contributed by atoms with Crippen LogP contribution in [0.2, 0.25) is 0 Å². The molecule has 0 aliphatic rings. The van der Waals surface area contributed by atoms with Gasteiger partial charge in [-0.1, -0.05) is 58.9 Å². The summed E-state index contributed by atoms with van der Waals surface area (Å²) >= 11 is 1.50. The maximum absolute atomic E-state index is 12.6. The van der Waals surface area contributed by atoms with E-state index < -0.39 is 12.0 Å². The van der Waals surface area contributed by atoms with Gasteiger partial charge in [0.05, 0.1) is 31.7 Å². The average Bonchev–Trinajstić information content (AvgIpc) is 2.84. The van der Waals surface area contributed by atoms with E-state index in [-0.39, 0.29) is 41.7 Å². The van der Waals surface area contributed by atoms with Crippen LogP contribution in [0.1, 0.15) is 74.1 Å². The number of nitrogens with one attached hydrogen (secondary N) is 1. The molecule has 7 nitrogen and oxygen atoms in total. The van der Waals surface area contributed by atoms with E-state index in [0.29, 0.717) is 31.8 Å². The molecule has 0 saturated carbocycles. The molecule has 0 radical (unpaired) electrons. The summed E-state index contributed by atoms with van der Waals surface area (Å²) in [6.45, 7) is 14.3. The number of allylic oxidation sites excluding steroid dienone is 2. The lowest BCUT2D eigenvalue weighted by Gasteiger charge is -2.26. The van der Waals surface area contributed by atoms with Crippen LogP contribution < -0.4 is 5.32 Å². The third-order valence-electron chi connectivity index (χ3n) is 5.62. The first-order chi connectivity index (χ1) is 16.7.